The number of halogens is 1. The van der Waals surface area contributed by atoms with Crippen LogP contribution in [0.1, 0.15) is 41.9 Å². The second-order valence-electron chi connectivity index (χ2n) is 3.97. The number of rotatable bonds is 4. The van der Waals surface area contributed by atoms with Crippen molar-refractivity contribution in [3.05, 3.63) is 21.1 Å². The number of amides is 1. The molecule has 17 heavy (non-hydrogen) atoms. The normalized spacial score (nSPS) is 15.5. The van der Waals surface area contributed by atoms with E-state index >= 15 is 0 Å². The lowest BCUT2D eigenvalue weighted by atomic mass is 9.97. The fourth-order valence-electron chi connectivity index (χ4n) is 1.84. The van der Waals surface area contributed by atoms with Gasteiger partial charge in [-0.05, 0) is 43.7 Å². The molecule has 6 heteroatoms. The van der Waals surface area contributed by atoms with Gasteiger partial charge in [0.2, 0.25) is 9.47 Å². The average molecular weight is 272 g/mol. The van der Waals surface area contributed by atoms with Crippen LogP contribution in [0, 0.1) is 0 Å². The number of nitrogens with zero attached hydrogens (tertiary/aromatic N) is 2. The Morgan fingerprint density at radius 2 is 2.35 bits per heavy atom. The number of hydrogen-bond donors (Lipinski definition) is 1. The highest BCUT2D eigenvalue weighted by Crippen LogP contribution is 2.19. The third-order valence-electron chi connectivity index (χ3n) is 2.71. The van der Waals surface area contributed by atoms with Crippen LogP contribution in [-0.4, -0.2) is 22.6 Å². The highest BCUT2D eigenvalue weighted by Gasteiger charge is 2.11. The summed E-state index contributed by atoms with van der Waals surface area (Å²) in [7, 11) is 0. The van der Waals surface area contributed by atoms with E-state index in [4.69, 9.17) is 11.6 Å². The van der Waals surface area contributed by atoms with Crippen molar-refractivity contribution in [3.63, 3.8) is 0 Å². The smallest absolute Gasteiger partial charge is 0.282 e. The summed E-state index contributed by atoms with van der Waals surface area (Å²) in [5.41, 5.74) is 1.45. The molecule has 0 bridgehead atoms. The van der Waals surface area contributed by atoms with Gasteiger partial charge in [0.1, 0.15) is 0 Å². The maximum Gasteiger partial charge on any atom is 0.282 e. The number of carbonyl (C=O) groups excluding carboxylic acids is 1. The molecule has 92 valence electrons. The second kappa shape index (κ2) is 6.12. The molecule has 1 amide bonds. The zero-order valence-corrected chi connectivity index (χ0v) is 11.0. The van der Waals surface area contributed by atoms with Gasteiger partial charge in [-0.15, -0.1) is 10.2 Å². The Morgan fingerprint density at radius 3 is 3.00 bits per heavy atom. The SMILES string of the molecule is O=C(NCCC1=CCCCC1)c1nnc(Cl)s1. The summed E-state index contributed by atoms with van der Waals surface area (Å²) in [6.45, 7) is 0.655. The minimum Gasteiger partial charge on any atom is -0.350 e. The van der Waals surface area contributed by atoms with Crippen molar-refractivity contribution in [1.29, 1.82) is 0 Å². The Hall–Kier alpha value is -0.940. The molecule has 0 radical (unpaired) electrons. The van der Waals surface area contributed by atoms with Crippen molar-refractivity contribution in [2.24, 2.45) is 0 Å². The zero-order valence-electron chi connectivity index (χ0n) is 9.41. The van der Waals surface area contributed by atoms with Crippen LogP contribution in [0.15, 0.2) is 11.6 Å². The molecule has 0 spiro atoms. The van der Waals surface area contributed by atoms with E-state index in [-0.39, 0.29) is 5.91 Å². The molecule has 0 saturated heterocycles. The summed E-state index contributed by atoms with van der Waals surface area (Å²) >= 11 is 6.71. The van der Waals surface area contributed by atoms with Crippen LogP contribution in [-0.2, 0) is 0 Å². The van der Waals surface area contributed by atoms with Crippen molar-refractivity contribution >= 4 is 28.8 Å². The average Bonchev–Trinajstić information content (AvgIpc) is 2.77. The van der Waals surface area contributed by atoms with E-state index < -0.39 is 0 Å². The van der Waals surface area contributed by atoms with E-state index in [1.165, 1.54) is 31.3 Å². The third-order valence-corrected chi connectivity index (χ3v) is 3.73. The topological polar surface area (TPSA) is 54.9 Å². The van der Waals surface area contributed by atoms with Gasteiger partial charge in [0.15, 0.2) is 0 Å². The standard InChI is InChI=1S/C11H14ClN3OS/c12-11-15-14-10(17-11)9(16)13-7-6-8-4-2-1-3-5-8/h4H,1-3,5-7H2,(H,13,16). The Balaban J connectivity index is 1.75. The number of nitrogens with one attached hydrogen (secondary N) is 1. The molecule has 1 heterocycles. The molecule has 0 fully saturated rings. The fourth-order valence-corrected chi connectivity index (χ4v) is 2.59. The van der Waals surface area contributed by atoms with Gasteiger partial charge in [0, 0.05) is 6.54 Å². The number of aromatic nitrogens is 2. The highest BCUT2D eigenvalue weighted by atomic mass is 35.5. The first-order chi connectivity index (χ1) is 8.25. The minimum atomic E-state index is -0.189. The molecule has 2 rings (SSSR count). The third kappa shape index (κ3) is 3.78. The van der Waals surface area contributed by atoms with Crippen molar-refractivity contribution in [2.75, 3.05) is 6.54 Å². The quantitative estimate of drug-likeness (QED) is 0.857. The molecule has 0 aromatic carbocycles. The molecule has 1 aliphatic rings. The first kappa shape index (κ1) is 12.5. The van der Waals surface area contributed by atoms with Gasteiger partial charge in [-0.3, -0.25) is 4.79 Å². The van der Waals surface area contributed by atoms with Crippen LogP contribution in [0.5, 0.6) is 0 Å². The fraction of sp³-hybridized carbons (Fsp3) is 0.545. The van der Waals surface area contributed by atoms with E-state index in [2.05, 4.69) is 21.6 Å². The summed E-state index contributed by atoms with van der Waals surface area (Å²) in [5.74, 6) is -0.189. The predicted molar refractivity (Wildman–Crippen MR) is 68.4 cm³/mol. The summed E-state index contributed by atoms with van der Waals surface area (Å²) in [6, 6.07) is 0. The van der Waals surface area contributed by atoms with Gasteiger partial charge in [-0.1, -0.05) is 23.0 Å². The summed E-state index contributed by atoms with van der Waals surface area (Å²) < 4.78 is 0.296. The molecule has 1 N–H and O–H groups in total. The molecule has 0 unspecified atom stereocenters. The van der Waals surface area contributed by atoms with Crippen molar-refractivity contribution in [2.45, 2.75) is 32.1 Å². The largest absolute Gasteiger partial charge is 0.350 e. The number of allylic oxidation sites excluding steroid dienone is 1. The lowest BCUT2D eigenvalue weighted by molar-refractivity contribution is 0.0953. The first-order valence-electron chi connectivity index (χ1n) is 5.71. The molecule has 4 nitrogen and oxygen atoms in total. The van der Waals surface area contributed by atoms with Crippen LogP contribution >= 0.6 is 22.9 Å². The Bertz CT molecular complexity index is 430. The van der Waals surface area contributed by atoms with Gasteiger partial charge in [-0.2, -0.15) is 0 Å². The molecule has 0 saturated carbocycles. The summed E-state index contributed by atoms with van der Waals surface area (Å²) in [6.07, 6.45) is 8.12. The number of hydrogen-bond acceptors (Lipinski definition) is 4. The van der Waals surface area contributed by atoms with Crippen LogP contribution in [0.2, 0.25) is 4.47 Å². The van der Waals surface area contributed by atoms with Gasteiger partial charge < -0.3 is 5.32 Å². The molecular weight excluding hydrogens is 258 g/mol. The predicted octanol–water partition coefficient (Wildman–Crippen LogP) is 2.81. The Kier molecular flexibility index (Phi) is 4.50. The highest BCUT2D eigenvalue weighted by molar-refractivity contribution is 7.17. The van der Waals surface area contributed by atoms with Crippen LogP contribution in [0.25, 0.3) is 0 Å². The Morgan fingerprint density at radius 1 is 1.47 bits per heavy atom. The second-order valence-corrected chi connectivity index (χ2v) is 5.53. The van der Waals surface area contributed by atoms with Crippen molar-refractivity contribution in [3.8, 4) is 0 Å². The van der Waals surface area contributed by atoms with Crippen LogP contribution < -0.4 is 5.32 Å². The minimum absolute atomic E-state index is 0.189. The molecule has 1 aliphatic carbocycles. The van der Waals surface area contributed by atoms with E-state index in [0.717, 1.165) is 17.8 Å². The molecular formula is C11H14ClN3OS. The van der Waals surface area contributed by atoms with Gasteiger partial charge in [0.25, 0.3) is 5.91 Å². The van der Waals surface area contributed by atoms with E-state index in [9.17, 15) is 4.79 Å². The first-order valence-corrected chi connectivity index (χ1v) is 6.90. The molecule has 0 atom stereocenters. The molecule has 1 aromatic heterocycles. The van der Waals surface area contributed by atoms with Crippen LogP contribution in [0.3, 0.4) is 0 Å². The molecule has 1 aromatic rings. The lowest BCUT2D eigenvalue weighted by Gasteiger charge is -2.12. The lowest BCUT2D eigenvalue weighted by Crippen LogP contribution is -2.24. The van der Waals surface area contributed by atoms with E-state index in [1.807, 2.05) is 0 Å². The van der Waals surface area contributed by atoms with E-state index in [1.54, 1.807) is 0 Å². The van der Waals surface area contributed by atoms with Gasteiger partial charge in [0.05, 0.1) is 0 Å². The van der Waals surface area contributed by atoms with Crippen molar-refractivity contribution in [1.82, 2.24) is 15.5 Å². The zero-order chi connectivity index (χ0) is 12.1. The van der Waals surface area contributed by atoms with Crippen LogP contribution in [0.4, 0.5) is 0 Å². The Labute approximate surface area is 109 Å². The van der Waals surface area contributed by atoms with Crippen molar-refractivity contribution < 1.29 is 4.79 Å². The molecule has 0 aliphatic heterocycles. The maximum atomic E-state index is 11.6. The maximum absolute atomic E-state index is 11.6. The number of carbonyl (C=O) groups is 1. The summed E-state index contributed by atoms with van der Waals surface area (Å²) in [4.78, 5) is 11.6. The monoisotopic (exact) mass is 271 g/mol. The van der Waals surface area contributed by atoms with E-state index in [0.29, 0.717) is 16.0 Å². The van der Waals surface area contributed by atoms with Gasteiger partial charge >= 0.3 is 0 Å². The van der Waals surface area contributed by atoms with Gasteiger partial charge in [-0.25, -0.2) is 0 Å². The summed E-state index contributed by atoms with van der Waals surface area (Å²) in [5, 5.41) is 10.4.